The Morgan fingerprint density at radius 1 is 1.40 bits per heavy atom. The summed E-state index contributed by atoms with van der Waals surface area (Å²) in [6, 6.07) is 6.33. The minimum Gasteiger partial charge on any atom is -0.424 e. The maximum Gasteiger partial charge on any atom is 0.296 e. The lowest BCUT2D eigenvalue weighted by Crippen LogP contribution is -1.99. The van der Waals surface area contributed by atoms with Crippen LogP contribution in [0, 0.1) is 17.0 Å². The van der Waals surface area contributed by atoms with Crippen molar-refractivity contribution in [2.45, 2.75) is 13.5 Å². The van der Waals surface area contributed by atoms with Crippen molar-refractivity contribution < 1.29 is 13.9 Å². The van der Waals surface area contributed by atoms with E-state index in [1.54, 1.807) is 13.0 Å². The summed E-state index contributed by atoms with van der Waals surface area (Å²) in [5.41, 5.74) is 1.60. The van der Waals surface area contributed by atoms with Crippen LogP contribution in [0.3, 0.4) is 0 Å². The van der Waals surface area contributed by atoms with Gasteiger partial charge in [0.15, 0.2) is 5.58 Å². The van der Waals surface area contributed by atoms with Crippen LogP contribution in [0.25, 0.3) is 11.1 Å². The summed E-state index contributed by atoms with van der Waals surface area (Å²) in [7, 11) is 0. The molecule has 1 aromatic carbocycles. The van der Waals surface area contributed by atoms with Gasteiger partial charge in [-0.15, -0.1) is 0 Å². The second kappa shape index (κ2) is 4.65. The standard InChI is InChI=1S/C12H10N4O4/c1-7-4-8(15-20-7)6-13-12-14-10-5-9(16(17)18)2-3-11(10)19-12/h2-5H,6H2,1H3,(H,13,14). The molecular formula is C12H10N4O4. The second-order valence-electron chi connectivity index (χ2n) is 4.21. The predicted molar refractivity (Wildman–Crippen MR) is 69.2 cm³/mol. The number of aryl methyl sites for hydroxylation is 1. The molecule has 2 aromatic heterocycles. The van der Waals surface area contributed by atoms with Crippen LogP contribution in [0.4, 0.5) is 11.7 Å². The lowest BCUT2D eigenvalue weighted by Gasteiger charge is -1.95. The van der Waals surface area contributed by atoms with Crippen molar-refractivity contribution in [3.63, 3.8) is 0 Å². The van der Waals surface area contributed by atoms with Crippen LogP contribution in [0.15, 0.2) is 33.2 Å². The minimum atomic E-state index is -0.473. The fourth-order valence-corrected chi connectivity index (χ4v) is 1.77. The van der Waals surface area contributed by atoms with Crippen molar-refractivity contribution in [3.8, 4) is 0 Å². The van der Waals surface area contributed by atoms with Crippen LogP contribution in [-0.2, 0) is 6.54 Å². The first-order chi connectivity index (χ1) is 9.61. The van der Waals surface area contributed by atoms with Crippen molar-refractivity contribution >= 4 is 22.8 Å². The van der Waals surface area contributed by atoms with E-state index < -0.39 is 4.92 Å². The second-order valence-corrected chi connectivity index (χ2v) is 4.21. The fourth-order valence-electron chi connectivity index (χ4n) is 1.77. The molecule has 0 aliphatic carbocycles. The highest BCUT2D eigenvalue weighted by atomic mass is 16.6. The molecule has 0 amide bonds. The molecule has 0 atom stereocenters. The van der Waals surface area contributed by atoms with Crippen LogP contribution in [0.1, 0.15) is 11.5 Å². The number of fused-ring (bicyclic) bond motifs is 1. The summed E-state index contributed by atoms with van der Waals surface area (Å²) in [6.07, 6.45) is 0. The molecule has 8 nitrogen and oxygen atoms in total. The molecule has 0 radical (unpaired) electrons. The van der Waals surface area contributed by atoms with E-state index in [-0.39, 0.29) is 11.7 Å². The van der Waals surface area contributed by atoms with E-state index in [1.807, 2.05) is 0 Å². The normalized spacial score (nSPS) is 10.8. The molecule has 1 N–H and O–H groups in total. The molecule has 3 aromatic rings. The highest BCUT2D eigenvalue weighted by Gasteiger charge is 2.11. The number of non-ortho nitro benzene ring substituents is 1. The largest absolute Gasteiger partial charge is 0.424 e. The number of nitro groups is 1. The molecule has 3 rings (SSSR count). The zero-order valence-corrected chi connectivity index (χ0v) is 10.5. The molecule has 0 unspecified atom stereocenters. The van der Waals surface area contributed by atoms with Gasteiger partial charge in [0.1, 0.15) is 17.0 Å². The zero-order chi connectivity index (χ0) is 14.1. The number of rotatable bonds is 4. The Kier molecular flexibility index (Phi) is 2.82. The van der Waals surface area contributed by atoms with E-state index in [0.717, 1.165) is 11.5 Å². The van der Waals surface area contributed by atoms with Crippen molar-refractivity contribution in [2.75, 3.05) is 5.32 Å². The third-order valence-corrected chi connectivity index (χ3v) is 2.68. The quantitative estimate of drug-likeness (QED) is 0.575. The molecule has 20 heavy (non-hydrogen) atoms. The zero-order valence-electron chi connectivity index (χ0n) is 10.5. The van der Waals surface area contributed by atoms with E-state index in [2.05, 4.69) is 15.5 Å². The van der Waals surface area contributed by atoms with Crippen LogP contribution < -0.4 is 5.32 Å². The molecule has 0 fully saturated rings. The lowest BCUT2D eigenvalue weighted by molar-refractivity contribution is -0.384. The lowest BCUT2D eigenvalue weighted by atomic mass is 10.3. The molecule has 102 valence electrons. The molecule has 0 bridgehead atoms. The van der Waals surface area contributed by atoms with Gasteiger partial charge in [-0.1, -0.05) is 5.16 Å². The van der Waals surface area contributed by atoms with Gasteiger partial charge in [-0.2, -0.15) is 4.98 Å². The van der Waals surface area contributed by atoms with Crippen molar-refractivity contribution in [3.05, 3.63) is 45.8 Å². The highest BCUT2D eigenvalue weighted by molar-refractivity contribution is 5.77. The SMILES string of the molecule is Cc1cc(CNc2nc3cc([N+](=O)[O-])ccc3o2)no1. The number of nitrogens with zero attached hydrogens (tertiary/aromatic N) is 3. The van der Waals surface area contributed by atoms with Crippen LogP contribution >= 0.6 is 0 Å². The van der Waals surface area contributed by atoms with E-state index >= 15 is 0 Å². The number of hydrogen-bond donors (Lipinski definition) is 1. The van der Waals surface area contributed by atoms with E-state index in [1.165, 1.54) is 18.2 Å². The van der Waals surface area contributed by atoms with Gasteiger partial charge >= 0.3 is 0 Å². The molecule has 0 aliphatic rings. The molecule has 0 saturated carbocycles. The van der Waals surface area contributed by atoms with E-state index in [0.29, 0.717) is 17.6 Å². The molecule has 0 spiro atoms. The third kappa shape index (κ3) is 2.30. The van der Waals surface area contributed by atoms with Gasteiger partial charge in [0.25, 0.3) is 11.7 Å². The van der Waals surface area contributed by atoms with Crippen LogP contribution in [0.2, 0.25) is 0 Å². The van der Waals surface area contributed by atoms with Gasteiger partial charge in [-0.05, 0) is 13.0 Å². The topological polar surface area (TPSA) is 107 Å². The van der Waals surface area contributed by atoms with Crippen molar-refractivity contribution in [2.24, 2.45) is 0 Å². The average molecular weight is 274 g/mol. The summed E-state index contributed by atoms with van der Waals surface area (Å²) in [6.45, 7) is 2.20. The number of aromatic nitrogens is 2. The smallest absolute Gasteiger partial charge is 0.296 e. The average Bonchev–Trinajstić information content (AvgIpc) is 3.00. The van der Waals surface area contributed by atoms with Gasteiger partial charge in [-0.25, -0.2) is 0 Å². The maximum atomic E-state index is 10.7. The number of nitro benzene ring substituents is 1. The van der Waals surface area contributed by atoms with Gasteiger partial charge in [0, 0.05) is 18.2 Å². The van der Waals surface area contributed by atoms with Crippen molar-refractivity contribution in [1.29, 1.82) is 0 Å². The summed E-state index contributed by atoms with van der Waals surface area (Å²) >= 11 is 0. The summed E-state index contributed by atoms with van der Waals surface area (Å²) in [4.78, 5) is 14.3. The number of hydrogen-bond acceptors (Lipinski definition) is 7. The monoisotopic (exact) mass is 274 g/mol. The first-order valence-electron chi connectivity index (χ1n) is 5.83. The number of oxazole rings is 1. The van der Waals surface area contributed by atoms with E-state index in [4.69, 9.17) is 8.94 Å². The first-order valence-corrected chi connectivity index (χ1v) is 5.83. The summed E-state index contributed by atoms with van der Waals surface area (Å²) in [5, 5.41) is 17.4. The Morgan fingerprint density at radius 2 is 2.25 bits per heavy atom. The molecule has 2 heterocycles. The predicted octanol–water partition coefficient (Wildman–Crippen LogP) is 2.64. The van der Waals surface area contributed by atoms with Crippen molar-refractivity contribution in [1.82, 2.24) is 10.1 Å². The number of anilines is 1. The van der Waals surface area contributed by atoms with Gasteiger partial charge in [-0.3, -0.25) is 10.1 Å². The number of nitrogens with one attached hydrogen (secondary N) is 1. The van der Waals surface area contributed by atoms with Gasteiger partial charge in [0.05, 0.1) is 11.5 Å². The Bertz CT molecular complexity index is 777. The van der Waals surface area contributed by atoms with Crippen LogP contribution in [0.5, 0.6) is 0 Å². The summed E-state index contributed by atoms with van der Waals surface area (Å²) in [5.74, 6) is 0.718. The Morgan fingerprint density at radius 3 is 2.95 bits per heavy atom. The Labute approximate surface area is 112 Å². The Hall–Kier alpha value is -2.90. The van der Waals surface area contributed by atoms with Crippen LogP contribution in [-0.4, -0.2) is 15.1 Å². The van der Waals surface area contributed by atoms with Gasteiger partial charge in [0.2, 0.25) is 0 Å². The molecular weight excluding hydrogens is 264 g/mol. The molecule has 0 saturated heterocycles. The minimum absolute atomic E-state index is 0.0236. The first kappa shape index (κ1) is 12.2. The van der Waals surface area contributed by atoms with Gasteiger partial charge < -0.3 is 14.3 Å². The molecule has 8 heteroatoms. The Balaban J connectivity index is 1.80. The fraction of sp³-hybridized carbons (Fsp3) is 0.167. The molecule has 0 aliphatic heterocycles. The number of benzene rings is 1. The third-order valence-electron chi connectivity index (χ3n) is 2.68. The summed E-state index contributed by atoms with van der Waals surface area (Å²) < 4.78 is 10.4. The highest BCUT2D eigenvalue weighted by Crippen LogP contribution is 2.23. The van der Waals surface area contributed by atoms with E-state index in [9.17, 15) is 10.1 Å². The maximum absolute atomic E-state index is 10.7.